The van der Waals surface area contributed by atoms with Crippen molar-refractivity contribution in [3.8, 4) is 17.2 Å². The summed E-state index contributed by atoms with van der Waals surface area (Å²) in [5.41, 5.74) is 6.68. The molecule has 21 heavy (non-hydrogen) atoms. The van der Waals surface area contributed by atoms with E-state index >= 15 is 0 Å². The standard InChI is InChI=1S/C14H14Cl2N2O3/c1-19-12-3-4-18-11(14(12)20-2)7-21-13-9(15)5-8(17)6-10(13)16/h3-6H,7,17H2,1-2H3. The summed E-state index contributed by atoms with van der Waals surface area (Å²) in [7, 11) is 3.09. The number of ether oxygens (including phenoxy) is 3. The second kappa shape index (κ2) is 6.74. The summed E-state index contributed by atoms with van der Waals surface area (Å²) in [4.78, 5) is 4.21. The predicted molar refractivity (Wildman–Crippen MR) is 82.5 cm³/mol. The summed E-state index contributed by atoms with van der Waals surface area (Å²) in [6, 6.07) is 4.84. The molecule has 1 aromatic heterocycles. The Morgan fingerprint density at radius 1 is 1.10 bits per heavy atom. The molecule has 0 saturated carbocycles. The van der Waals surface area contributed by atoms with E-state index in [-0.39, 0.29) is 6.61 Å². The van der Waals surface area contributed by atoms with Gasteiger partial charge in [-0.2, -0.15) is 0 Å². The second-order valence-electron chi connectivity index (χ2n) is 4.10. The zero-order valence-corrected chi connectivity index (χ0v) is 13.0. The van der Waals surface area contributed by atoms with Crippen LogP contribution in [0.1, 0.15) is 5.69 Å². The van der Waals surface area contributed by atoms with Gasteiger partial charge in [0, 0.05) is 18.0 Å². The lowest BCUT2D eigenvalue weighted by Gasteiger charge is -2.14. The second-order valence-corrected chi connectivity index (χ2v) is 4.91. The topological polar surface area (TPSA) is 66.6 Å². The Balaban J connectivity index is 2.25. The Morgan fingerprint density at radius 3 is 2.33 bits per heavy atom. The fourth-order valence-electron chi connectivity index (χ4n) is 1.81. The summed E-state index contributed by atoms with van der Waals surface area (Å²) in [5, 5.41) is 0.670. The maximum Gasteiger partial charge on any atom is 0.185 e. The first kappa shape index (κ1) is 15.5. The smallest absolute Gasteiger partial charge is 0.185 e. The molecule has 2 aromatic rings. The predicted octanol–water partition coefficient (Wildman–Crippen LogP) is 3.57. The van der Waals surface area contributed by atoms with Crippen LogP contribution < -0.4 is 19.9 Å². The van der Waals surface area contributed by atoms with Gasteiger partial charge in [-0.25, -0.2) is 0 Å². The van der Waals surface area contributed by atoms with Gasteiger partial charge in [0.2, 0.25) is 0 Å². The third-order valence-corrected chi connectivity index (χ3v) is 3.30. The first-order valence-electron chi connectivity index (χ1n) is 6.00. The monoisotopic (exact) mass is 328 g/mol. The lowest BCUT2D eigenvalue weighted by atomic mass is 10.3. The largest absolute Gasteiger partial charge is 0.493 e. The molecule has 0 unspecified atom stereocenters. The van der Waals surface area contributed by atoms with E-state index in [0.717, 1.165) is 0 Å². The van der Waals surface area contributed by atoms with Crippen LogP contribution in [0.5, 0.6) is 17.2 Å². The van der Waals surface area contributed by atoms with Crippen LogP contribution in [-0.2, 0) is 6.61 Å². The van der Waals surface area contributed by atoms with Gasteiger partial charge >= 0.3 is 0 Å². The SMILES string of the molecule is COc1ccnc(COc2c(Cl)cc(N)cc2Cl)c1OC. The Bertz CT molecular complexity index is 627. The maximum atomic E-state index is 6.07. The molecule has 0 atom stereocenters. The van der Waals surface area contributed by atoms with E-state index in [9.17, 15) is 0 Å². The number of nitrogen functional groups attached to an aromatic ring is 1. The van der Waals surface area contributed by atoms with E-state index in [0.29, 0.717) is 38.7 Å². The van der Waals surface area contributed by atoms with Gasteiger partial charge in [0.05, 0.1) is 24.3 Å². The fourth-order valence-corrected chi connectivity index (χ4v) is 2.42. The van der Waals surface area contributed by atoms with Crippen molar-refractivity contribution in [3.05, 3.63) is 40.1 Å². The first-order chi connectivity index (χ1) is 10.1. The van der Waals surface area contributed by atoms with Crippen LogP contribution in [0, 0.1) is 0 Å². The summed E-state index contributed by atoms with van der Waals surface area (Å²) >= 11 is 12.1. The van der Waals surface area contributed by atoms with E-state index in [1.54, 1.807) is 31.5 Å². The number of hydrogen-bond acceptors (Lipinski definition) is 5. The lowest BCUT2D eigenvalue weighted by molar-refractivity contribution is 0.285. The minimum absolute atomic E-state index is 0.129. The molecule has 1 aromatic carbocycles. The van der Waals surface area contributed by atoms with Crippen LogP contribution in [0.15, 0.2) is 24.4 Å². The van der Waals surface area contributed by atoms with Gasteiger partial charge in [0.25, 0.3) is 0 Å². The number of pyridine rings is 1. The summed E-state index contributed by atoms with van der Waals surface area (Å²) < 4.78 is 16.1. The van der Waals surface area contributed by atoms with Crippen molar-refractivity contribution >= 4 is 28.9 Å². The van der Waals surface area contributed by atoms with Crippen LogP contribution >= 0.6 is 23.2 Å². The van der Waals surface area contributed by atoms with E-state index in [4.69, 9.17) is 43.1 Å². The number of aromatic nitrogens is 1. The van der Waals surface area contributed by atoms with Gasteiger partial charge in [0.15, 0.2) is 17.2 Å². The van der Waals surface area contributed by atoms with Crippen molar-refractivity contribution in [2.24, 2.45) is 0 Å². The summed E-state index contributed by atoms with van der Waals surface area (Å²) in [5.74, 6) is 1.42. The number of benzene rings is 1. The molecular formula is C14H14Cl2N2O3. The minimum Gasteiger partial charge on any atom is -0.493 e. The van der Waals surface area contributed by atoms with E-state index in [1.807, 2.05) is 0 Å². The Hall–Kier alpha value is -1.85. The van der Waals surface area contributed by atoms with Gasteiger partial charge in [-0.15, -0.1) is 0 Å². The highest BCUT2D eigenvalue weighted by atomic mass is 35.5. The third kappa shape index (κ3) is 3.43. The quantitative estimate of drug-likeness (QED) is 0.850. The fraction of sp³-hybridized carbons (Fsp3) is 0.214. The molecule has 5 nitrogen and oxygen atoms in total. The highest BCUT2D eigenvalue weighted by Crippen LogP contribution is 2.36. The van der Waals surface area contributed by atoms with Crippen molar-refractivity contribution < 1.29 is 14.2 Å². The van der Waals surface area contributed by atoms with Gasteiger partial charge in [-0.3, -0.25) is 4.98 Å². The molecule has 0 aliphatic rings. The number of nitrogens with zero attached hydrogens (tertiary/aromatic N) is 1. The van der Waals surface area contributed by atoms with Gasteiger partial charge in [-0.05, 0) is 12.1 Å². The average Bonchev–Trinajstić information content (AvgIpc) is 2.45. The molecule has 112 valence electrons. The molecule has 1 heterocycles. The number of rotatable bonds is 5. The average molecular weight is 329 g/mol. The highest BCUT2D eigenvalue weighted by molar-refractivity contribution is 6.37. The first-order valence-corrected chi connectivity index (χ1v) is 6.75. The van der Waals surface area contributed by atoms with Gasteiger partial charge in [0.1, 0.15) is 12.3 Å². The summed E-state index contributed by atoms with van der Waals surface area (Å²) in [6.45, 7) is 0.129. The van der Waals surface area contributed by atoms with Crippen molar-refractivity contribution in [2.45, 2.75) is 6.61 Å². The molecule has 0 radical (unpaired) electrons. The Labute approximate surface area is 132 Å². The number of methoxy groups -OCH3 is 2. The van der Waals surface area contributed by atoms with Gasteiger partial charge < -0.3 is 19.9 Å². The number of hydrogen-bond donors (Lipinski definition) is 1. The van der Waals surface area contributed by atoms with Crippen molar-refractivity contribution in [1.82, 2.24) is 4.98 Å². The molecule has 0 spiro atoms. The molecule has 0 saturated heterocycles. The zero-order valence-electron chi connectivity index (χ0n) is 11.5. The molecule has 2 N–H and O–H groups in total. The highest BCUT2D eigenvalue weighted by Gasteiger charge is 2.14. The van der Waals surface area contributed by atoms with Gasteiger partial charge in [-0.1, -0.05) is 23.2 Å². The minimum atomic E-state index is 0.129. The van der Waals surface area contributed by atoms with Crippen LogP contribution in [0.2, 0.25) is 10.0 Å². The molecule has 7 heteroatoms. The third-order valence-electron chi connectivity index (χ3n) is 2.74. The molecule has 0 aliphatic carbocycles. The Morgan fingerprint density at radius 2 is 1.76 bits per heavy atom. The molecule has 0 fully saturated rings. The van der Waals surface area contributed by atoms with E-state index < -0.39 is 0 Å². The zero-order chi connectivity index (χ0) is 15.4. The molecule has 0 bridgehead atoms. The lowest BCUT2D eigenvalue weighted by Crippen LogP contribution is -2.04. The van der Waals surface area contributed by atoms with Crippen molar-refractivity contribution in [2.75, 3.05) is 20.0 Å². The number of anilines is 1. The number of nitrogens with two attached hydrogens (primary N) is 1. The molecule has 0 aliphatic heterocycles. The number of halogens is 2. The van der Waals surface area contributed by atoms with Crippen molar-refractivity contribution in [3.63, 3.8) is 0 Å². The van der Waals surface area contributed by atoms with Crippen LogP contribution in [0.3, 0.4) is 0 Å². The Kier molecular flexibility index (Phi) is 4.98. The molecule has 2 rings (SSSR count). The van der Waals surface area contributed by atoms with E-state index in [1.165, 1.54) is 7.11 Å². The molecular weight excluding hydrogens is 315 g/mol. The summed E-state index contributed by atoms with van der Waals surface area (Å²) in [6.07, 6.45) is 1.60. The van der Waals surface area contributed by atoms with Crippen LogP contribution in [-0.4, -0.2) is 19.2 Å². The maximum absolute atomic E-state index is 6.07. The van der Waals surface area contributed by atoms with Crippen LogP contribution in [0.4, 0.5) is 5.69 Å². The van der Waals surface area contributed by atoms with Crippen molar-refractivity contribution in [1.29, 1.82) is 0 Å². The van der Waals surface area contributed by atoms with E-state index in [2.05, 4.69) is 4.98 Å². The molecule has 0 amide bonds. The van der Waals surface area contributed by atoms with Crippen LogP contribution in [0.25, 0.3) is 0 Å². The normalized spacial score (nSPS) is 10.3.